The third-order valence-electron chi connectivity index (χ3n) is 6.24. The molecule has 1 N–H and O–H groups in total. The molecule has 7 heteroatoms. The van der Waals surface area contributed by atoms with Gasteiger partial charge in [-0.25, -0.2) is 4.98 Å². The van der Waals surface area contributed by atoms with Crippen LogP contribution in [0.15, 0.2) is 60.9 Å². The van der Waals surface area contributed by atoms with Crippen molar-refractivity contribution in [1.82, 2.24) is 14.5 Å². The van der Waals surface area contributed by atoms with Gasteiger partial charge in [-0.1, -0.05) is 24.3 Å². The molecule has 1 aliphatic heterocycles. The zero-order chi connectivity index (χ0) is 23.8. The lowest BCUT2D eigenvalue weighted by Gasteiger charge is -2.39. The van der Waals surface area contributed by atoms with Gasteiger partial charge in [0.05, 0.1) is 13.7 Å². The van der Waals surface area contributed by atoms with Crippen LogP contribution >= 0.6 is 0 Å². The Balaban J connectivity index is 1.29. The van der Waals surface area contributed by atoms with E-state index in [-0.39, 0.29) is 0 Å². The molecule has 0 radical (unpaired) electrons. The van der Waals surface area contributed by atoms with E-state index in [2.05, 4.69) is 20.5 Å². The van der Waals surface area contributed by atoms with Gasteiger partial charge in [-0.15, -0.1) is 0 Å². The van der Waals surface area contributed by atoms with E-state index in [0.29, 0.717) is 19.8 Å². The molecule has 1 aliphatic rings. The van der Waals surface area contributed by atoms with E-state index in [0.717, 1.165) is 67.5 Å². The first kappa shape index (κ1) is 24.1. The van der Waals surface area contributed by atoms with Crippen LogP contribution in [0.5, 0.6) is 17.2 Å². The zero-order valence-corrected chi connectivity index (χ0v) is 20.2. The maximum atomic E-state index is 11.1. The van der Waals surface area contributed by atoms with Crippen molar-refractivity contribution in [2.75, 3.05) is 33.4 Å². The molecule has 34 heavy (non-hydrogen) atoms. The number of β-amino-alcohol motifs (C(OH)–C–C–N with tert-alkyl or cyclic N) is 1. The Hall–Kier alpha value is -3.03. The number of benzene rings is 2. The fraction of sp³-hybridized carbons (Fsp3) is 0.444. The standard InChI is InChI=1S/C27H35N3O4/c1-22-28-13-16-30(22)15-7-17-33-25-11-10-23(18-26(25)32-2)19-29-14-6-12-27(31,20-29)21-34-24-8-4-3-5-9-24/h3-5,8-11,13,16,18,31H,6-7,12,14-15,17,19-21H2,1-2H3. The summed E-state index contributed by atoms with van der Waals surface area (Å²) < 4.78 is 19.6. The molecule has 1 atom stereocenters. The fourth-order valence-electron chi connectivity index (χ4n) is 4.44. The van der Waals surface area contributed by atoms with Crippen LogP contribution in [0.4, 0.5) is 0 Å². The highest BCUT2D eigenvalue weighted by molar-refractivity contribution is 5.43. The summed E-state index contributed by atoms with van der Waals surface area (Å²) in [6.07, 6.45) is 6.37. The highest BCUT2D eigenvalue weighted by Crippen LogP contribution is 2.30. The largest absolute Gasteiger partial charge is 0.493 e. The Morgan fingerprint density at radius 2 is 1.94 bits per heavy atom. The van der Waals surface area contributed by atoms with E-state index in [1.807, 2.05) is 61.8 Å². The minimum atomic E-state index is -0.852. The Labute approximate surface area is 201 Å². The van der Waals surface area contributed by atoms with Crippen molar-refractivity contribution in [2.45, 2.75) is 44.9 Å². The molecule has 0 amide bonds. The molecule has 1 unspecified atom stereocenters. The molecule has 1 fully saturated rings. The topological polar surface area (TPSA) is 69.0 Å². The molecular formula is C27H35N3O4. The van der Waals surface area contributed by atoms with E-state index < -0.39 is 5.60 Å². The number of piperidine rings is 1. The monoisotopic (exact) mass is 465 g/mol. The van der Waals surface area contributed by atoms with Crippen LogP contribution in [-0.2, 0) is 13.1 Å². The first-order valence-electron chi connectivity index (χ1n) is 11.9. The van der Waals surface area contributed by atoms with Gasteiger partial charge in [0, 0.05) is 32.0 Å². The van der Waals surface area contributed by atoms with Crippen LogP contribution in [0.25, 0.3) is 0 Å². The van der Waals surface area contributed by atoms with Crippen LogP contribution in [-0.4, -0.2) is 58.6 Å². The number of likely N-dealkylation sites (tertiary alicyclic amines) is 1. The number of aromatic nitrogens is 2. The second kappa shape index (κ2) is 11.4. The van der Waals surface area contributed by atoms with Gasteiger partial charge in [0.1, 0.15) is 23.8 Å². The molecule has 0 saturated carbocycles. The molecule has 1 saturated heterocycles. The lowest BCUT2D eigenvalue weighted by molar-refractivity contribution is -0.0621. The first-order valence-corrected chi connectivity index (χ1v) is 11.9. The minimum Gasteiger partial charge on any atom is -0.493 e. The number of methoxy groups -OCH3 is 1. The lowest BCUT2D eigenvalue weighted by Crippen LogP contribution is -2.51. The first-order chi connectivity index (χ1) is 16.5. The van der Waals surface area contributed by atoms with Crippen molar-refractivity contribution in [3.63, 3.8) is 0 Å². The van der Waals surface area contributed by atoms with Crippen molar-refractivity contribution < 1.29 is 19.3 Å². The van der Waals surface area contributed by atoms with Crippen molar-refractivity contribution >= 4 is 0 Å². The summed E-state index contributed by atoms with van der Waals surface area (Å²) in [7, 11) is 1.67. The molecule has 4 rings (SSSR count). The Bertz CT molecular complexity index is 1040. The molecule has 0 aliphatic carbocycles. The van der Waals surface area contributed by atoms with Gasteiger partial charge >= 0.3 is 0 Å². The highest BCUT2D eigenvalue weighted by atomic mass is 16.5. The van der Waals surface area contributed by atoms with Gasteiger partial charge < -0.3 is 23.9 Å². The highest BCUT2D eigenvalue weighted by Gasteiger charge is 2.34. The van der Waals surface area contributed by atoms with E-state index in [4.69, 9.17) is 14.2 Å². The van der Waals surface area contributed by atoms with E-state index in [1.165, 1.54) is 0 Å². The van der Waals surface area contributed by atoms with Gasteiger partial charge in [0.15, 0.2) is 11.5 Å². The Morgan fingerprint density at radius 1 is 1.09 bits per heavy atom. The summed E-state index contributed by atoms with van der Waals surface area (Å²) in [4.78, 5) is 6.53. The molecule has 7 nitrogen and oxygen atoms in total. The summed E-state index contributed by atoms with van der Waals surface area (Å²) in [6.45, 7) is 6.04. The van der Waals surface area contributed by atoms with Crippen molar-refractivity contribution in [3.05, 3.63) is 72.3 Å². The summed E-state index contributed by atoms with van der Waals surface area (Å²) in [5.74, 6) is 3.28. The summed E-state index contributed by atoms with van der Waals surface area (Å²) in [5.41, 5.74) is 0.279. The second-order valence-electron chi connectivity index (χ2n) is 9.00. The summed E-state index contributed by atoms with van der Waals surface area (Å²) in [6, 6.07) is 15.7. The normalized spacial score (nSPS) is 18.6. The number of ether oxygens (including phenoxy) is 3. The van der Waals surface area contributed by atoms with E-state index >= 15 is 0 Å². The molecule has 0 bridgehead atoms. The third-order valence-corrected chi connectivity index (χ3v) is 6.24. The van der Waals surface area contributed by atoms with Gasteiger partial charge in [-0.3, -0.25) is 4.90 Å². The molecule has 0 spiro atoms. The average molecular weight is 466 g/mol. The predicted octanol–water partition coefficient (Wildman–Crippen LogP) is 4.08. The van der Waals surface area contributed by atoms with Gasteiger partial charge in [0.2, 0.25) is 0 Å². The van der Waals surface area contributed by atoms with Crippen LogP contribution in [0, 0.1) is 6.92 Å². The number of hydrogen-bond donors (Lipinski definition) is 1. The minimum absolute atomic E-state index is 0.294. The van der Waals surface area contributed by atoms with E-state index in [9.17, 15) is 5.11 Å². The van der Waals surface area contributed by atoms with Crippen LogP contribution < -0.4 is 14.2 Å². The fourth-order valence-corrected chi connectivity index (χ4v) is 4.44. The summed E-state index contributed by atoms with van der Waals surface area (Å²) >= 11 is 0. The smallest absolute Gasteiger partial charge is 0.161 e. The van der Waals surface area contributed by atoms with Crippen molar-refractivity contribution in [2.24, 2.45) is 0 Å². The quantitative estimate of drug-likeness (QED) is 0.431. The molecule has 2 aromatic carbocycles. The average Bonchev–Trinajstić information content (AvgIpc) is 3.26. The molecule has 182 valence electrons. The third kappa shape index (κ3) is 6.52. The van der Waals surface area contributed by atoms with Gasteiger partial charge in [-0.2, -0.15) is 0 Å². The van der Waals surface area contributed by atoms with Crippen LogP contribution in [0.3, 0.4) is 0 Å². The summed E-state index contributed by atoms with van der Waals surface area (Å²) in [5, 5.41) is 11.1. The molecule has 3 aromatic rings. The zero-order valence-electron chi connectivity index (χ0n) is 20.2. The van der Waals surface area contributed by atoms with Crippen molar-refractivity contribution in [3.8, 4) is 17.2 Å². The van der Waals surface area contributed by atoms with Crippen molar-refractivity contribution in [1.29, 1.82) is 0 Å². The Morgan fingerprint density at radius 3 is 2.71 bits per heavy atom. The maximum absolute atomic E-state index is 11.1. The van der Waals surface area contributed by atoms with Gasteiger partial charge in [0.25, 0.3) is 0 Å². The molecular weight excluding hydrogens is 430 g/mol. The predicted molar refractivity (Wildman–Crippen MR) is 131 cm³/mol. The maximum Gasteiger partial charge on any atom is 0.161 e. The van der Waals surface area contributed by atoms with Gasteiger partial charge in [-0.05, 0) is 62.6 Å². The number of hydrogen-bond acceptors (Lipinski definition) is 6. The number of rotatable bonds is 11. The number of imidazole rings is 1. The SMILES string of the molecule is COc1cc(CN2CCCC(O)(COc3ccccc3)C2)ccc1OCCCn1ccnc1C. The van der Waals surface area contributed by atoms with E-state index in [1.54, 1.807) is 7.11 Å². The lowest BCUT2D eigenvalue weighted by atomic mass is 9.93. The Kier molecular flexibility index (Phi) is 8.08. The van der Waals surface area contributed by atoms with Crippen LogP contribution in [0.1, 0.15) is 30.7 Å². The number of aryl methyl sites for hydroxylation is 2. The second-order valence-corrected chi connectivity index (χ2v) is 9.00. The number of para-hydroxylation sites is 1. The molecule has 1 aromatic heterocycles. The van der Waals surface area contributed by atoms with Crippen LogP contribution in [0.2, 0.25) is 0 Å². The number of aliphatic hydroxyl groups is 1. The molecule has 2 heterocycles. The number of nitrogens with zero attached hydrogens (tertiary/aromatic N) is 3.